The van der Waals surface area contributed by atoms with Crippen molar-refractivity contribution in [2.75, 3.05) is 36.3 Å². The number of carbonyl (C=O) groups is 1. The Morgan fingerprint density at radius 1 is 1.42 bits per heavy atom. The van der Waals surface area contributed by atoms with Crippen molar-refractivity contribution in [1.82, 2.24) is 0 Å². The van der Waals surface area contributed by atoms with E-state index in [1.54, 1.807) is 18.2 Å². The highest BCUT2D eigenvalue weighted by Crippen LogP contribution is 2.19. The van der Waals surface area contributed by atoms with Crippen molar-refractivity contribution >= 4 is 27.1 Å². The van der Waals surface area contributed by atoms with Crippen LogP contribution in [-0.2, 0) is 19.4 Å². The fourth-order valence-corrected chi connectivity index (χ4v) is 2.50. The maximum atomic E-state index is 11.6. The third-order valence-electron chi connectivity index (χ3n) is 2.43. The van der Waals surface area contributed by atoms with Crippen LogP contribution >= 0.6 is 0 Å². The van der Waals surface area contributed by atoms with E-state index in [0.717, 1.165) is 5.56 Å². The van der Waals surface area contributed by atoms with Gasteiger partial charge >= 0.3 is 0 Å². The van der Waals surface area contributed by atoms with Crippen LogP contribution in [0.1, 0.15) is 5.56 Å². The summed E-state index contributed by atoms with van der Waals surface area (Å²) in [4.78, 5) is 11.6. The molecule has 1 aromatic carbocycles. The highest BCUT2D eigenvalue weighted by atomic mass is 32.2. The van der Waals surface area contributed by atoms with Crippen LogP contribution < -0.4 is 11.1 Å². The Hall–Kier alpha value is -1.60. The Labute approximate surface area is 112 Å². The first-order chi connectivity index (χ1) is 8.84. The average Bonchev–Trinajstić information content (AvgIpc) is 2.29. The standard InChI is InChI=1S/C12H18N2O4S/c1-9-3-4-11(10(13)7-9)14-12(15)8-19(16,17)6-5-18-2/h3-4,7H,5-6,8,13H2,1-2H3,(H,14,15). The molecule has 0 atom stereocenters. The lowest BCUT2D eigenvalue weighted by Crippen LogP contribution is -2.26. The molecule has 1 amide bonds. The Bertz CT molecular complexity index is 555. The minimum atomic E-state index is -3.46. The number of amides is 1. The van der Waals surface area contributed by atoms with E-state index in [1.807, 2.05) is 6.92 Å². The molecule has 106 valence electrons. The van der Waals surface area contributed by atoms with Crippen molar-refractivity contribution in [3.05, 3.63) is 23.8 Å². The SMILES string of the molecule is COCCS(=O)(=O)CC(=O)Nc1ccc(C)cc1N. The van der Waals surface area contributed by atoms with Crippen LogP contribution in [0.15, 0.2) is 18.2 Å². The Balaban J connectivity index is 2.65. The summed E-state index contributed by atoms with van der Waals surface area (Å²) in [5.74, 6) is -1.36. The molecule has 0 fully saturated rings. The first-order valence-corrected chi connectivity index (χ1v) is 7.51. The van der Waals surface area contributed by atoms with Gasteiger partial charge in [-0.25, -0.2) is 8.42 Å². The van der Waals surface area contributed by atoms with Crippen LogP contribution in [0, 0.1) is 6.92 Å². The number of methoxy groups -OCH3 is 1. The summed E-state index contributed by atoms with van der Waals surface area (Å²) in [6.07, 6.45) is 0. The quantitative estimate of drug-likeness (QED) is 0.745. The van der Waals surface area contributed by atoms with Gasteiger partial charge in [0.1, 0.15) is 5.75 Å². The normalized spacial score (nSPS) is 11.3. The first-order valence-electron chi connectivity index (χ1n) is 5.69. The average molecular weight is 286 g/mol. The van der Waals surface area contributed by atoms with Crippen molar-refractivity contribution in [2.45, 2.75) is 6.92 Å². The molecule has 0 aliphatic heterocycles. The minimum Gasteiger partial charge on any atom is -0.397 e. The Kier molecular flexibility index (Phi) is 5.31. The van der Waals surface area contributed by atoms with Gasteiger partial charge in [-0.2, -0.15) is 0 Å². The van der Waals surface area contributed by atoms with Crippen LogP contribution in [0.3, 0.4) is 0 Å². The first kappa shape index (κ1) is 15.5. The lowest BCUT2D eigenvalue weighted by molar-refractivity contribution is -0.113. The zero-order valence-electron chi connectivity index (χ0n) is 11.0. The summed E-state index contributed by atoms with van der Waals surface area (Å²) in [5, 5.41) is 2.49. The highest BCUT2D eigenvalue weighted by Gasteiger charge is 2.17. The van der Waals surface area contributed by atoms with Crippen LogP contribution in [0.25, 0.3) is 0 Å². The zero-order valence-corrected chi connectivity index (χ0v) is 11.8. The largest absolute Gasteiger partial charge is 0.397 e. The third kappa shape index (κ3) is 5.27. The summed E-state index contributed by atoms with van der Waals surface area (Å²) in [5.41, 5.74) is 7.51. The van der Waals surface area contributed by atoms with Gasteiger partial charge in [-0.15, -0.1) is 0 Å². The van der Waals surface area contributed by atoms with E-state index in [9.17, 15) is 13.2 Å². The molecule has 19 heavy (non-hydrogen) atoms. The molecule has 0 aliphatic rings. The number of sulfone groups is 1. The monoisotopic (exact) mass is 286 g/mol. The highest BCUT2D eigenvalue weighted by molar-refractivity contribution is 7.92. The number of hydrogen-bond donors (Lipinski definition) is 2. The Morgan fingerprint density at radius 3 is 2.68 bits per heavy atom. The molecule has 7 heteroatoms. The van der Waals surface area contributed by atoms with Gasteiger partial charge in [0.15, 0.2) is 9.84 Å². The molecule has 0 heterocycles. The minimum absolute atomic E-state index is 0.0717. The molecule has 0 bridgehead atoms. The second kappa shape index (κ2) is 6.53. The number of ether oxygens (including phenoxy) is 1. The van der Waals surface area contributed by atoms with Crippen LogP contribution in [0.4, 0.5) is 11.4 Å². The van der Waals surface area contributed by atoms with Gasteiger partial charge in [0, 0.05) is 7.11 Å². The molecular weight excluding hydrogens is 268 g/mol. The number of hydrogen-bond acceptors (Lipinski definition) is 5. The van der Waals surface area contributed by atoms with E-state index in [2.05, 4.69) is 10.1 Å². The molecule has 1 rings (SSSR count). The van der Waals surface area contributed by atoms with E-state index < -0.39 is 21.5 Å². The summed E-state index contributed by atoms with van der Waals surface area (Å²) in [7, 11) is -2.06. The number of nitrogens with one attached hydrogen (secondary N) is 1. The summed E-state index contributed by atoms with van der Waals surface area (Å²) >= 11 is 0. The van der Waals surface area contributed by atoms with Crippen molar-refractivity contribution < 1.29 is 17.9 Å². The molecule has 0 saturated carbocycles. The molecule has 0 unspecified atom stereocenters. The molecule has 1 aromatic rings. The van der Waals surface area contributed by atoms with E-state index in [0.29, 0.717) is 11.4 Å². The topological polar surface area (TPSA) is 98.5 Å². The van der Waals surface area contributed by atoms with E-state index in [1.165, 1.54) is 7.11 Å². The molecule has 0 aromatic heterocycles. The third-order valence-corrected chi connectivity index (χ3v) is 3.92. The van der Waals surface area contributed by atoms with Crippen molar-refractivity contribution in [3.63, 3.8) is 0 Å². The smallest absolute Gasteiger partial charge is 0.239 e. The van der Waals surface area contributed by atoms with Gasteiger partial charge < -0.3 is 15.8 Å². The number of rotatable bonds is 6. The number of aryl methyl sites for hydroxylation is 1. The van der Waals surface area contributed by atoms with Crippen molar-refractivity contribution in [3.8, 4) is 0 Å². The van der Waals surface area contributed by atoms with E-state index in [-0.39, 0.29) is 12.4 Å². The van der Waals surface area contributed by atoms with Crippen LogP contribution in [-0.4, -0.2) is 39.5 Å². The fourth-order valence-electron chi connectivity index (χ4n) is 1.46. The lowest BCUT2D eigenvalue weighted by Gasteiger charge is -2.09. The van der Waals surface area contributed by atoms with E-state index >= 15 is 0 Å². The molecule has 0 aliphatic carbocycles. The number of anilines is 2. The molecule has 6 nitrogen and oxygen atoms in total. The maximum absolute atomic E-state index is 11.6. The van der Waals surface area contributed by atoms with Gasteiger partial charge in [-0.3, -0.25) is 4.79 Å². The Morgan fingerprint density at radius 2 is 2.11 bits per heavy atom. The van der Waals surface area contributed by atoms with Gasteiger partial charge in [-0.1, -0.05) is 6.07 Å². The van der Waals surface area contributed by atoms with E-state index in [4.69, 9.17) is 5.73 Å². The number of nitrogen functional groups attached to an aromatic ring is 1. The van der Waals surface area contributed by atoms with Crippen LogP contribution in [0.5, 0.6) is 0 Å². The number of benzene rings is 1. The molecule has 0 radical (unpaired) electrons. The van der Waals surface area contributed by atoms with Crippen molar-refractivity contribution in [1.29, 1.82) is 0 Å². The number of nitrogens with two attached hydrogens (primary N) is 1. The van der Waals surface area contributed by atoms with Gasteiger partial charge in [-0.05, 0) is 24.6 Å². The fraction of sp³-hybridized carbons (Fsp3) is 0.417. The lowest BCUT2D eigenvalue weighted by atomic mass is 10.2. The predicted octanol–water partition coefficient (Wildman–Crippen LogP) is 0.577. The van der Waals surface area contributed by atoms with Crippen LogP contribution in [0.2, 0.25) is 0 Å². The zero-order chi connectivity index (χ0) is 14.5. The summed E-state index contributed by atoms with van der Waals surface area (Å²) in [6.45, 7) is 1.94. The summed E-state index contributed by atoms with van der Waals surface area (Å²) < 4.78 is 27.8. The second-order valence-electron chi connectivity index (χ2n) is 4.22. The predicted molar refractivity (Wildman–Crippen MR) is 74.8 cm³/mol. The molecule has 3 N–H and O–H groups in total. The second-order valence-corrected chi connectivity index (χ2v) is 6.41. The molecule has 0 saturated heterocycles. The van der Waals surface area contributed by atoms with Gasteiger partial charge in [0.2, 0.25) is 5.91 Å². The molecular formula is C12H18N2O4S. The van der Waals surface area contributed by atoms with Gasteiger partial charge in [0.05, 0.1) is 23.7 Å². The maximum Gasteiger partial charge on any atom is 0.239 e. The molecule has 0 spiro atoms. The van der Waals surface area contributed by atoms with Crippen molar-refractivity contribution in [2.24, 2.45) is 0 Å². The summed E-state index contributed by atoms with van der Waals surface area (Å²) in [6, 6.07) is 5.13. The van der Waals surface area contributed by atoms with Gasteiger partial charge in [0.25, 0.3) is 0 Å². The number of carbonyl (C=O) groups excluding carboxylic acids is 1.